The predicted octanol–water partition coefficient (Wildman–Crippen LogP) is 4.14. The van der Waals surface area contributed by atoms with Gasteiger partial charge in [0.05, 0.1) is 31.0 Å². The fourth-order valence-electron chi connectivity index (χ4n) is 6.02. The number of thiocarbonyl (C=S) groups is 1. The highest BCUT2D eigenvalue weighted by Crippen LogP contribution is 2.44. The van der Waals surface area contributed by atoms with Gasteiger partial charge >= 0.3 is 0 Å². The first-order chi connectivity index (χ1) is 16.1. The van der Waals surface area contributed by atoms with Crippen LogP contribution in [0.3, 0.4) is 0 Å². The fraction of sp³-hybridized carbons (Fsp3) is 0.615. The van der Waals surface area contributed by atoms with Crippen molar-refractivity contribution >= 4 is 17.3 Å². The van der Waals surface area contributed by atoms with Gasteiger partial charge in [-0.1, -0.05) is 18.9 Å². The van der Waals surface area contributed by atoms with Gasteiger partial charge in [-0.3, -0.25) is 9.88 Å². The van der Waals surface area contributed by atoms with Crippen molar-refractivity contribution in [3.63, 3.8) is 0 Å². The first-order valence-electron chi connectivity index (χ1n) is 12.6. The van der Waals surface area contributed by atoms with Gasteiger partial charge in [-0.05, 0) is 69.1 Å². The van der Waals surface area contributed by atoms with Gasteiger partial charge in [-0.2, -0.15) is 0 Å². The molecule has 1 N–H and O–H groups in total. The van der Waals surface area contributed by atoms with Crippen molar-refractivity contribution in [3.05, 3.63) is 53.1 Å². The molecular formula is C26H37N5OS. The number of hydrogen-bond donors (Lipinski definition) is 1. The highest BCUT2D eigenvalue weighted by Gasteiger charge is 2.44. The topological polar surface area (TPSA) is 45.6 Å². The van der Waals surface area contributed by atoms with Gasteiger partial charge in [0.25, 0.3) is 0 Å². The van der Waals surface area contributed by atoms with Crippen LogP contribution in [0.1, 0.15) is 66.8 Å². The quantitative estimate of drug-likeness (QED) is 0.618. The van der Waals surface area contributed by atoms with Crippen LogP contribution in [0.5, 0.6) is 0 Å². The van der Waals surface area contributed by atoms with Gasteiger partial charge in [0, 0.05) is 49.8 Å². The lowest BCUT2D eigenvalue weighted by atomic mass is 9.95. The van der Waals surface area contributed by atoms with Crippen LogP contribution in [0.15, 0.2) is 30.5 Å². The van der Waals surface area contributed by atoms with Crippen molar-refractivity contribution < 1.29 is 4.74 Å². The lowest BCUT2D eigenvalue weighted by Crippen LogP contribution is -2.37. The van der Waals surface area contributed by atoms with E-state index in [9.17, 15) is 0 Å². The summed E-state index contributed by atoms with van der Waals surface area (Å²) in [5, 5.41) is 4.54. The van der Waals surface area contributed by atoms with Crippen molar-refractivity contribution in [1.82, 2.24) is 24.7 Å². The standard InChI is InChI=1S/C26H37N5OS/c1-19-18-22(20(2)30(19)13-7-12-29-14-16-32-17-15-29)25-24(23-10-5-6-11-27-23)28-26(33)31(25)21-8-3-4-9-21/h5-6,10-11,18,21,24-25H,3-4,7-9,12-17H2,1-2H3,(H,28,33)/t24-,25-/m0/s1. The van der Waals surface area contributed by atoms with E-state index in [0.29, 0.717) is 6.04 Å². The molecule has 6 nitrogen and oxygen atoms in total. The van der Waals surface area contributed by atoms with E-state index in [1.165, 1.54) is 42.6 Å². The van der Waals surface area contributed by atoms with E-state index in [-0.39, 0.29) is 12.1 Å². The highest BCUT2D eigenvalue weighted by atomic mass is 32.1. The molecule has 0 bridgehead atoms. The lowest BCUT2D eigenvalue weighted by molar-refractivity contribution is 0.0369. The minimum Gasteiger partial charge on any atom is -0.379 e. The van der Waals surface area contributed by atoms with Gasteiger partial charge in [-0.25, -0.2) is 0 Å². The first-order valence-corrected chi connectivity index (χ1v) is 13.0. The second-order valence-corrected chi connectivity index (χ2v) is 10.1. The molecule has 2 aromatic rings. The second-order valence-electron chi connectivity index (χ2n) is 9.76. The Morgan fingerprint density at radius 1 is 1.12 bits per heavy atom. The molecule has 5 rings (SSSR count). The molecule has 0 spiro atoms. The Morgan fingerprint density at radius 2 is 1.91 bits per heavy atom. The van der Waals surface area contributed by atoms with Crippen molar-refractivity contribution in [3.8, 4) is 0 Å². The third kappa shape index (κ3) is 4.68. The van der Waals surface area contributed by atoms with Gasteiger partial charge in [-0.15, -0.1) is 0 Å². The molecule has 0 amide bonds. The highest BCUT2D eigenvalue weighted by molar-refractivity contribution is 7.80. The number of ether oxygens (including phenoxy) is 1. The van der Waals surface area contributed by atoms with Crippen molar-refractivity contribution in [2.75, 3.05) is 32.8 Å². The molecule has 0 aromatic carbocycles. The van der Waals surface area contributed by atoms with Crippen LogP contribution in [0.4, 0.5) is 0 Å². The number of morpholine rings is 1. The maximum atomic E-state index is 5.92. The Labute approximate surface area is 203 Å². The predicted molar refractivity (Wildman–Crippen MR) is 135 cm³/mol. The van der Waals surface area contributed by atoms with Gasteiger partial charge in [0.2, 0.25) is 0 Å². The minimum absolute atomic E-state index is 0.0848. The number of aryl methyl sites for hydroxylation is 1. The zero-order valence-corrected chi connectivity index (χ0v) is 20.8. The summed E-state index contributed by atoms with van der Waals surface area (Å²) in [7, 11) is 0. The monoisotopic (exact) mass is 467 g/mol. The molecule has 0 unspecified atom stereocenters. The van der Waals surface area contributed by atoms with E-state index in [4.69, 9.17) is 21.9 Å². The maximum absolute atomic E-state index is 5.92. The molecular weight excluding hydrogens is 430 g/mol. The second kappa shape index (κ2) is 10.1. The number of rotatable bonds is 7. The third-order valence-electron chi connectivity index (χ3n) is 7.74. The summed E-state index contributed by atoms with van der Waals surface area (Å²) in [6.45, 7) is 10.6. The van der Waals surface area contributed by atoms with E-state index >= 15 is 0 Å². The Morgan fingerprint density at radius 3 is 2.64 bits per heavy atom. The number of aromatic nitrogens is 2. The van der Waals surface area contributed by atoms with E-state index in [1.807, 2.05) is 12.3 Å². The molecule has 3 aliphatic rings. The Kier molecular flexibility index (Phi) is 6.99. The fourth-order valence-corrected chi connectivity index (χ4v) is 6.41. The Balaban J connectivity index is 1.41. The van der Waals surface area contributed by atoms with Crippen LogP contribution in [-0.2, 0) is 11.3 Å². The van der Waals surface area contributed by atoms with Crippen LogP contribution in [0, 0.1) is 13.8 Å². The maximum Gasteiger partial charge on any atom is 0.170 e. The van der Waals surface area contributed by atoms with E-state index in [2.05, 4.69) is 51.7 Å². The zero-order valence-electron chi connectivity index (χ0n) is 20.0. The van der Waals surface area contributed by atoms with Gasteiger partial charge < -0.3 is 19.5 Å². The molecule has 2 aromatic heterocycles. The Bertz CT molecular complexity index is 949. The van der Waals surface area contributed by atoms with Crippen molar-refractivity contribution in [2.24, 2.45) is 0 Å². The summed E-state index contributed by atoms with van der Waals surface area (Å²) < 4.78 is 8.01. The molecule has 2 aliphatic heterocycles. The van der Waals surface area contributed by atoms with Gasteiger partial charge in [0.1, 0.15) is 0 Å². The first kappa shape index (κ1) is 22.8. The zero-order chi connectivity index (χ0) is 22.8. The molecule has 7 heteroatoms. The average Bonchev–Trinajstić information content (AvgIpc) is 3.54. The van der Waals surface area contributed by atoms with Crippen LogP contribution in [0.2, 0.25) is 0 Å². The van der Waals surface area contributed by atoms with E-state index in [0.717, 1.165) is 56.6 Å². The summed E-state index contributed by atoms with van der Waals surface area (Å²) in [5.74, 6) is 0. The molecule has 1 saturated carbocycles. The third-order valence-corrected chi connectivity index (χ3v) is 8.07. The minimum atomic E-state index is 0.0848. The van der Waals surface area contributed by atoms with Gasteiger partial charge in [0.15, 0.2) is 5.11 Å². The number of pyridine rings is 1. The summed E-state index contributed by atoms with van der Waals surface area (Å²) in [6, 6.07) is 9.40. The molecule has 4 heterocycles. The molecule has 2 saturated heterocycles. The summed E-state index contributed by atoms with van der Waals surface area (Å²) in [4.78, 5) is 9.76. The van der Waals surface area contributed by atoms with Crippen LogP contribution in [-0.4, -0.2) is 63.4 Å². The number of nitrogens with zero attached hydrogens (tertiary/aromatic N) is 4. The van der Waals surface area contributed by atoms with Crippen molar-refractivity contribution in [1.29, 1.82) is 0 Å². The molecule has 3 fully saturated rings. The summed E-state index contributed by atoms with van der Waals surface area (Å²) >= 11 is 5.92. The van der Waals surface area contributed by atoms with E-state index in [1.54, 1.807) is 0 Å². The number of hydrogen-bond acceptors (Lipinski definition) is 4. The Hall–Kier alpha value is -1.96. The SMILES string of the molecule is Cc1cc([C@H]2[C@H](c3ccccn3)NC(=S)N2C2CCCC2)c(C)n1CCCN1CCOCC1. The van der Waals surface area contributed by atoms with Crippen LogP contribution >= 0.6 is 12.2 Å². The van der Waals surface area contributed by atoms with E-state index < -0.39 is 0 Å². The summed E-state index contributed by atoms with van der Waals surface area (Å²) in [5.41, 5.74) is 5.18. The normalized spacial score (nSPS) is 24.5. The molecule has 0 radical (unpaired) electrons. The summed E-state index contributed by atoms with van der Waals surface area (Å²) in [6.07, 6.45) is 8.10. The van der Waals surface area contributed by atoms with Crippen molar-refractivity contribution in [2.45, 2.75) is 70.6 Å². The molecule has 178 valence electrons. The largest absolute Gasteiger partial charge is 0.379 e. The van der Waals surface area contributed by atoms with Crippen LogP contribution < -0.4 is 5.32 Å². The molecule has 33 heavy (non-hydrogen) atoms. The lowest BCUT2D eigenvalue weighted by Gasteiger charge is -2.33. The van der Waals surface area contributed by atoms with Crippen LogP contribution in [0.25, 0.3) is 0 Å². The smallest absolute Gasteiger partial charge is 0.170 e. The molecule has 1 aliphatic carbocycles. The number of nitrogens with one attached hydrogen (secondary N) is 1. The average molecular weight is 468 g/mol. The molecule has 2 atom stereocenters.